The molecular weight excluding hydrogens is 393 g/mol. The molecule has 2 aromatic heterocycles. The summed E-state index contributed by atoms with van der Waals surface area (Å²) < 4.78 is 43.1. The number of carbonyl (C=O) groups is 1. The second-order valence-corrected chi connectivity index (χ2v) is 6.04. The minimum absolute atomic E-state index is 0.0160. The molecule has 9 nitrogen and oxygen atoms in total. The molecule has 3 rings (SSSR count). The van der Waals surface area contributed by atoms with Gasteiger partial charge < -0.3 is 15.6 Å². The van der Waals surface area contributed by atoms with E-state index in [4.69, 9.17) is 15.6 Å². The van der Waals surface area contributed by atoms with Crippen molar-refractivity contribution < 1.29 is 27.8 Å². The number of rotatable bonds is 7. The summed E-state index contributed by atoms with van der Waals surface area (Å²) in [5.41, 5.74) is 5.43. The first-order valence-electron chi connectivity index (χ1n) is 8.27. The molecule has 0 saturated carbocycles. The van der Waals surface area contributed by atoms with Crippen LogP contribution in [0.4, 0.5) is 13.2 Å². The number of carboxylic acids is 1. The molecule has 0 unspecified atom stereocenters. The van der Waals surface area contributed by atoms with E-state index in [9.17, 15) is 18.0 Å². The average Bonchev–Trinajstić information content (AvgIpc) is 3.09. The summed E-state index contributed by atoms with van der Waals surface area (Å²) in [5, 5.41) is 20.6. The SMILES string of the molecule is N[C@H](CC(=O)O)Cn1nnc(-c2ccc(Oc3ccc(C(F)(F)F)cn3)cc2)n1. The van der Waals surface area contributed by atoms with Gasteiger partial charge in [0, 0.05) is 23.9 Å². The number of hydrogen-bond donors (Lipinski definition) is 2. The lowest BCUT2D eigenvalue weighted by Crippen LogP contribution is -2.30. The van der Waals surface area contributed by atoms with Gasteiger partial charge in [-0.2, -0.15) is 18.0 Å². The quantitative estimate of drug-likeness (QED) is 0.610. The summed E-state index contributed by atoms with van der Waals surface area (Å²) in [4.78, 5) is 15.5. The first-order valence-corrected chi connectivity index (χ1v) is 8.27. The van der Waals surface area contributed by atoms with E-state index >= 15 is 0 Å². The fraction of sp³-hybridized carbons (Fsp3) is 0.235. The minimum Gasteiger partial charge on any atom is -0.481 e. The fourth-order valence-corrected chi connectivity index (χ4v) is 2.34. The van der Waals surface area contributed by atoms with Crippen molar-refractivity contribution in [2.75, 3.05) is 0 Å². The molecule has 2 heterocycles. The van der Waals surface area contributed by atoms with Crippen LogP contribution >= 0.6 is 0 Å². The van der Waals surface area contributed by atoms with Gasteiger partial charge in [-0.25, -0.2) is 4.98 Å². The molecule has 152 valence electrons. The van der Waals surface area contributed by atoms with E-state index in [0.29, 0.717) is 23.3 Å². The van der Waals surface area contributed by atoms with Gasteiger partial charge in [0.2, 0.25) is 11.7 Å². The van der Waals surface area contributed by atoms with Crippen LogP contribution < -0.4 is 10.5 Å². The lowest BCUT2D eigenvalue weighted by molar-refractivity contribution is -0.138. The van der Waals surface area contributed by atoms with Crippen LogP contribution in [-0.4, -0.2) is 42.3 Å². The van der Waals surface area contributed by atoms with Gasteiger partial charge in [0.1, 0.15) is 5.75 Å². The van der Waals surface area contributed by atoms with E-state index in [1.165, 1.54) is 4.80 Å². The fourth-order valence-electron chi connectivity index (χ4n) is 2.34. The highest BCUT2D eigenvalue weighted by Gasteiger charge is 2.30. The minimum atomic E-state index is -4.46. The second-order valence-electron chi connectivity index (χ2n) is 6.04. The first kappa shape index (κ1) is 20.2. The average molecular weight is 408 g/mol. The van der Waals surface area contributed by atoms with Crippen LogP contribution in [0.3, 0.4) is 0 Å². The summed E-state index contributed by atoms with van der Waals surface area (Å²) in [6, 6.07) is 7.78. The topological polar surface area (TPSA) is 129 Å². The number of carboxylic acid groups (broad SMARTS) is 1. The van der Waals surface area contributed by atoms with Gasteiger partial charge in [-0.15, -0.1) is 10.2 Å². The van der Waals surface area contributed by atoms with Crippen molar-refractivity contribution in [3.05, 3.63) is 48.2 Å². The maximum absolute atomic E-state index is 12.5. The van der Waals surface area contributed by atoms with E-state index in [1.807, 2.05) is 0 Å². The van der Waals surface area contributed by atoms with E-state index in [2.05, 4.69) is 20.4 Å². The molecule has 0 radical (unpaired) electrons. The number of nitrogens with two attached hydrogens (primary N) is 1. The highest BCUT2D eigenvalue weighted by atomic mass is 19.4. The number of benzene rings is 1. The summed E-state index contributed by atoms with van der Waals surface area (Å²) in [6.45, 7) is 0.0973. The zero-order valence-electron chi connectivity index (χ0n) is 14.7. The molecule has 29 heavy (non-hydrogen) atoms. The number of ether oxygens (including phenoxy) is 1. The Bertz CT molecular complexity index is 973. The van der Waals surface area contributed by atoms with E-state index in [1.54, 1.807) is 24.3 Å². The zero-order chi connectivity index (χ0) is 21.0. The van der Waals surface area contributed by atoms with Gasteiger partial charge in [0.05, 0.1) is 18.5 Å². The zero-order valence-corrected chi connectivity index (χ0v) is 14.7. The largest absolute Gasteiger partial charge is 0.481 e. The highest BCUT2D eigenvalue weighted by Crippen LogP contribution is 2.30. The molecule has 0 spiro atoms. The molecule has 12 heteroatoms. The van der Waals surface area contributed by atoms with Crippen molar-refractivity contribution in [1.29, 1.82) is 0 Å². The van der Waals surface area contributed by atoms with Gasteiger partial charge in [-0.05, 0) is 35.5 Å². The predicted octanol–water partition coefficient (Wildman–Crippen LogP) is 2.35. The molecule has 0 aliphatic rings. The van der Waals surface area contributed by atoms with Crippen molar-refractivity contribution in [3.63, 3.8) is 0 Å². The molecule has 1 aromatic carbocycles. The van der Waals surface area contributed by atoms with Crippen molar-refractivity contribution in [3.8, 4) is 23.0 Å². The lowest BCUT2D eigenvalue weighted by atomic mass is 10.2. The molecule has 0 aliphatic carbocycles. The van der Waals surface area contributed by atoms with Crippen LogP contribution in [0, 0.1) is 0 Å². The number of aliphatic carboxylic acids is 1. The van der Waals surface area contributed by atoms with Crippen molar-refractivity contribution in [1.82, 2.24) is 25.2 Å². The first-order chi connectivity index (χ1) is 13.7. The number of hydrogen-bond acceptors (Lipinski definition) is 7. The van der Waals surface area contributed by atoms with Gasteiger partial charge in [-0.1, -0.05) is 0 Å². The third-order valence-electron chi connectivity index (χ3n) is 3.69. The Hall–Kier alpha value is -3.54. The summed E-state index contributed by atoms with van der Waals surface area (Å²) in [5.74, 6) is -0.346. The molecule has 0 fully saturated rings. The third kappa shape index (κ3) is 5.48. The molecule has 3 aromatic rings. The van der Waals surface area contributed by atoms with Crippen LogP contribution in [0.25, 0.3) is 11.4 Å². The van der Waals surface area contributed by atoms with E-state index < -0.39 is 23.8 Å². The normalized spacial score (nSPS) is 12.6. The molecule has 0 bridgehead atoms. The summed E-state index contributed by atoms with van der Waals surface area (Å²) >= 11 is 0. The van der Waals surface area contributed by atoms with Crippen LogP contribution in [0.2, 0.25) is 0 Å². The Kier molecular flexibility index (Phi) is 5.73. The van der Waals surface area contributed by atoms with Crippen LogP contribution in [0.5, 0.6) is 11.6 Å². The van der Waals surface area contributed by atoms with Gasteiger partial charge in [0.15, 0.2) is 0 Å². The van der Waals surface area contributed by atoms with Crippen LogP contribution in [-0.2, 0) is 17.5 Å². The highest BCUT2D eigenvalue weighted by molar-refractivity contribution is 5.67. The van der Waals surface area contributed by atoms with Gasteiger partial charge in [-0.3, -0.25) is 4.79 Å². The number of tetrazole rings is 1. The Labute approximate surface area is 161 Å². The summed E-state index contributed by atoms with van der Waals surface area (Å²) in [6.07, 6.45) is -3.99. The Morgan fingerprint density at radius 3 is 2.52 bits per heavy atom. The lowest BCUT2D eigenvalue weighted by Gasteiger charge is -2.08. The number of nitrogens with zero attached hydrogens (tertiary/aromatic N) is 5. The van der Waals surface area contributed by atoms with Gasteiger partial charge >= 0.3 is 12.1 Å². The standard InChI is InChI=1S/C17H15F3N6O3/c18-17(19,20)11-3-6-14(22-8-11)29-13-4-1-10(2-5-13)16-23-25-26(24-16)9-12(21)7-15(27)28/h1-6,8,12H,7,9,21H2,(H,27,28)/t12-/m1/s1. The Balaban J connectivity index is 1.64. The molecule has 0 saturated heterocycles. The number of aromatic nitrogens is 5. The van der Waals surface area contributed by atoms with Crippen molar-refractivity contribution >= 4 is 5.97 Å². The second kappa shape index (κ2) is 8.22. The van der Waals surface area contributed by atoms with Crippen LogP contribution in [0.1, 0.15) is 12.0 Å². The summed E-state index contributed by atoms with van der Waals surface area (Å²) in [7, 11) is 0. The maximum atomic E-state index is 12.5. The molecule has 0 amide bonds. The maximum Gasteiger partial charge on any atom is 0.417 e. The van der Waals surface area contributed by atoms with Gasteiger partial charge in [0.25, 0.3) is 0 Å². The molecule has 1 atom stereocenters. The van der Waals surface area contributed by atoms with Crippen molar-refractivity contribution in [2.45, 2.75) is 25.2 Å². The smallest absolute Gasteiger partial charge is 0.417 e. The third-order valence-corrected chi connectivity index (χ3v) is 3.69. The van der Waals surface area contributed by atoms with E-state index in [-0.39, 0.29) is 18.8 Å². The number of alkyl halides is 3. The van der Waals surface area contributed by atoms with Crippen molar-refractivity contribution in [2.24, 2.45) is 5.73 Å². The molecular formula is C17H15F3N6O3. The van der Waals surface area contributed by atoms with Crippen LogP contribution in [0.15, 0.2) is 42.6 Å². The monoisotopic (exact) mass is 408 g/mol. The Morgan fingerprint density at radius 2 is 1.93 bits per heavy atom. The Morgan fingerprint density at radius 1 is 1.21 bits per heavy atom. The number of pyridine rings is 1. The molecule has 3 N–H and O–H groups in total. The molecule has 0 aliphatic heterocycles. The van der Waals surface area contributed by atoms with E-state index in [0.717, 1.165) is 12.1 Å². The predicted molar refractivity (Wildman–Crippen MR) is 92.8 cm³/mol. The number of halogens is 3.